The number of aromatic carboxylic acids is 1. The van der Waals surface area contributed by atoms with E-state index >= 15 is 0 Å². The average Bonchev–Trinajstić information content (AvgIpc) is 3.37. The van der Waals surface area contributed by atoms with Crippen molar-refractivity contribution < 1.29 is 24.2 Å². The van der Waals surface area contributed by atoms with E-state index in [-0.39, 0.29) is 36.2 Å². The Bertz CT molecular complexity index is 1190. The summed E-state index contributed by atoms with van der Waals surface area (Å²) in [5, 5.41) is 18.4. The molecule has 1 aromatic heterocycles. The van der Waals surface area contributed by atoms with Crippen molar-refractivity contribution in [2.75, 3.05) is 18.5 Å². The maximum atomic E-state index is 12.2. The lowest BCUT2D eigenvalue weighted by atomic mass is 9.98. The van der Waals surface area contributed by atoms with E-state index in [0.29, 0.717) is 19.4 Å². The third-order valence-corrected chi connectivity index (χ3v) is 6.11. The molecule has 182 valence electrons. The van der Waals surface area contributed by atoms with E-state index in [1.54, 1.807) is 0 Å². The van der Waals surface area contributed by atoms with Crippen LogP contribution in [0.5, 0.6) is 0 Å². The molecule has 0 bridgehead atoms. The van der Waals surface area contributed by atoms with E-state index < -0.39 is 12.1 Å². The third kappa shape index (κ3) is 5.51. The third-order valence-electron chi connectivity index (χ3n) is 6.11. The van der Waals surface area contributed by atoms with E-state index in [2.05, 4.69) is 40.0 Å². The second-order valence-corrected chi connectivity index (χ2v) is 8.45. The van der Waals surface area contributed by atoms with Gasteiger partial charge in [0, 0.05) is 25.9 Å². The van der Waals surface area contributed by atoms with E-state index in [1.807, 2.05) is 24.3 Å². The minimum absolute atomic E-state index is 0.0214. The van der Waals surface area contributed by atoms with Crippen LogP contribution in [0.3, 0.4) is 0 Å². The molecular weight excluding hydrogens is 448 g/mol. The molecule has 0 aliphatic heterocycles. The fourth-order valence-electron chi connectivity index (χ4n) is 4.42. The highest BCUT2D eigenvalue weighted by Gasteiger charge is 2.28. The number of carbonyl (C=O) groups is 3. The molecule has 3 N–H and O–H groups in total. The monoisotopic (exact) mass is 476 g/mol. The van der Waals surface area contributed by atoms with Crippen LogP contribution in [0, 0.1) is 0 Å². The molecule has 1 aliphatic rings. The number of nitrogens with zero attached hydrogens (tertiary/aromatic N) is 2. The Morgan fingerprint density at radius 1 is 1.00 bits per heavy atom. The average molecular weight is 477 g/mol. The number of unbranched alkanes of at least 4 members (excludes halogenated alkanes) is 2. The molecule has 0 saturated carbocycles. The first kappa shape index (κ1) is 24.0. The van der Waals surface area contributed by atoms with Crippen LogP contribution in [-0.4, -0.2) is 46.0 Å². The molecular formula is C26H28N4O5. The van der Waals surface area contributed by atoms with Gasteiger partial charge in [0.05, 0.1) is 11.9 Å². The van der Waals surface area contributed by atoms with Crippen LogP contribution in [0.15, 0.2) is 54.7 Å². The van der Waals surface area contributed by atoms with Gasteiger partial charge in [0.25, 0.3) is 0 Å². The van der Waals surface area contributed by atoms with Crippen molar-refractivity contribution in [1.29, 1.82) is 0 Å². The van der Waals surface area contributed by atoms with Crippen LogP contribution in [-0.2, 0) is 16.6 Å². The minimum atomic E-state index is -1.15. The number of benzene rings is 2. The minimum Gasteiger partial charge on any atom is -0.476 e. The molecule has 0 unspecified atom stereocenters. The summed E-state index contributed by atoms with van der Waals surface area (Å²) in [6.45, 7) is 0.719. The lowest BCUT2D eigenvalue weighted by Gasteiger charge is -2.14. The van der Waals surface area contributed by atoms with Gasteiger partial charge in [-0.05, 0) is 35.1 Å². The van der Waals surface area contributed by atoms with Gasteiger partial charge < -0.3 is 20.5 Å². The molecule has 9 nitrogen and oxygen atoms in total. The number of carboxylic acid groups (broad SMARTS) is 1. The van der Waals surface area contributed by atoms with Gasteiger partial charge in [0.1, 0.15) is 6.61 Å². The molecule has 2 aromatic carbocycles. The van der Waals surface area contributed by atoms with Crippen molar-refractivity contribution in [2.45, 2.75) is 31.6 Å². The summed E-state index contributed by atoms with van der Waals surface area (Å²) in [5.74, 6) is -1.40. The summed E-state index contributed by atoms with van der Waals surface area (Å²) in [4.78, 5) is 35.5. The zero-order valence-corrected chi connectivity index (χ0v) is 19.5. The highest BCUT2D eigenvalue weighted by atomic mass is 16.5. The van der Waals surface area contributed by atoms with Crippen LogP contribution in [0.4, 0.5) is 10.5 Å². The van der Waals surface area contributed by atoms with Crippen molar-refractivity contribution in [2.24, 2.45) is 7.05 Å². The summed E-state index contributed by atoms with van der Waals surface area (Å²) in [6, 6.07) is 16.4. The molecule has 3 aromatic rings. The van der Waals surface area contributed by atoms with E-state index in [9.17, 15) is 19.5 Å². The zero-order chi connectivity index (χ0) is 24.8. The number of aromatic nitrogens is 2. The molecule has 0 fully saturated rings. The van der Waals surface area contributed by atoms with Crippen LogP contribution in [0.25, 0.3) is 11.1 Å². The number of hydrogen-bond acceptors (Lipinski definition) is 5. The summed E-state index contributed by atoms with van der Waals surface area (Å²) in [7, 11) is 1.50. The quantitative estimate of drug-likeness (QED) is 0.378. The topological polar surface area (TPSA) is 123 Å². The smallest absolute Gasteiger partial charge is 0.407 e. The summed E-state index contributed by atoms with van der Waals surface area (Å²) in [6.07, 6.45) is 3.16. The fourth-order valence-corrected chi connectivity index (χ4v) is 4.42. The maximum absolute atomic E-state index is 12.2. The molecule has 0 radical (unpaired) electrons. The molecule has 0 saturated heterocycles. The summed E-state index contributed by atoms with van der Waals surface area (Å²) in [5.41, 5.74) is 4.82. The Hall–Kier alpha value is -4.14. The van der Waals surface area contributed by atoms with E-state index in [4.69, 9.17) is 4.74 Å². The first-order valence-corrected chi connectivity index (χ1v) is 11.6. The van der Waals surface area contributed by atoms with Gasteiger partial charge in [-0.15, -0.1) is 0 Å². The largest absolute Gasteiger partial charge is 0.476 e. The molecule has 0 atom stereocenters. The predicted molar refractivity (Wildman–Crippen MR) is 130 cm³/mol. The number of rotatable bonds is 10. The van der Waals surface area contributed by atoms with Gasteiger partial charge in [-0.3, -0.25) is 9.48 Å². The van der Waals surface area contributed by atoms with Gasteiger partial charge in [-0.25, -0.2) is 9.59 Å². The number of carboxylic acids is 1. The zero-order valence-electron chi connectivity index (χ0n) is 19.5. The normalized spacial score (nSPS) is 12.0. The van der Waals surface area contributed by atoms with Gasteiger partial charge >= 0.3 is 12.1 Å². The van der Waals surface area contributed by atoms with Crippen LogP contribution in [0.1, 0.15) is 53.2 Å². The number of nitrogens with one attached hydrogen (secondary N) is 2. The Balaban J connectivity index is 1.14. The highest BCUT2D eigenvalue weighted by molar-refractivity contribution is 5.99. The Morgan fingerprint density at radius 2 is 1.66 bits per heavy atom. The van der Waals surface area contributed by atoms with Crippen molar-refractivity contribution in [3.05, 3.63) is 71.5 Å². The number of alkyl carbamates (subject to hydrolysis) is 1. The number of anilines is 1. The molecule has 35 heavy (non-hydrogen) atoms. The van der Waals surface area contributed by atoms with Crippen molar-refractivity contribution in [1.82, 2.24) is 15.1 Å². The number of aryl methyl sites for hydroxylation is 1. The van der Waals surface area contributed by atoms with Gasteiger partial charge in [0.15, 0.2) is 5.69 Å². The van der Waals surface area contributed by atoms with E-state index in [0.717, 1.165) is 6.42 Å². The van der Waals surface area contributed by atoms with Crippen LogP contribution >= 0.6 is 0 Å². The summed E-state index contributed by atoms with van der Waals surface area (Å²) < 4.78 is 6.71. The first-order valence-electron chi connectivity index (χ1n) is 11.6. The van der Waals surface area contributed by atoms with Gasteiger partial charge in [0.2, 0.25) is 5.91 Å². The van der Waals surface area contributed by atoms with Gasteiger partial charge in [-0.2, -0.15) is 5.10 Å². The highest BCUT2D eigenvalue weighted by Crippen LogP contribution is 2.44. The van der Waals surface area contributed by atoms with Crippen LogP contribution in [0.2, 0.25) is 0 Å². The number of hydrogen-bond donors (Lipinski definition) is 3. The number of carbonyl (C=O) groups excluding carboxylic acids is 2. The molecule has 4 rings (SSSR count). The second kappa shape index (κ2) is 10.9. The Labute approximate surface area is 203 Å². The lowest BCUT2D eigenvalue weighted by molar-refractivity contribution is -0.116. The Kier molecular flexibility index (Phi) is 7.45. The second-order valence-electron chi connectivity index (χ2n) is 8.45. The molecule has 1 heterocycles. The van der Waals surface area contributed by atoms with Crippen molar-refractivity contribution in [3.63, 3.8) is 0 Å². The van der Waals surface area contributed by atoms with Crippen LogP contribution < -0.4 is 10.6 Å². The number of ether oxygens (including phenoxy) is 1. The standard InChI is InChI=1S/C26H28N4O5/c1-30-24(25(32)33)22(15-28-30)29-23(31)13-3-2-8-14-27-26(34)35-16-21-19-11-6-4-9-17(19)18-10-5-7-12-20(18)21/h4-7,9-12,15,21H,2-3,8,13-14,16H2,1H3,(H,27,34)(H,29,31)(H,32,33). The lowest BCUT2D eigenvalue weighted by Crippen LogP contribution is -2.27. The predicted octanol–water partition coefficient (Wildman–Crippen LogP) is 4.16. The molecule has 1 aliphatic carbocycles. The Morgan fingerprint density at radius 3 is 2.31 bits per heavy atom. The number of amides is 2. The molecule has 0 spiro atoms. The summed E-state index contributed by atoms with van der Waals surface area (Å²) >= 11 is 0. The van der Waals surface area contributed by atoms with E-state index in [1.165, 1.54) is 40.2 Å². The number of fused-ring (bicyclic) bond motifs is 3. The molecule has 9 heteroatoms. The van der Waals surface area contributed by atoms with Crippen molar-refractivity contribution in [3.8, 4) is 11.1 Å². The SMILES string of the molecule is Cn1ncc(NC(=O)CCCCCNC(=O)OCC2c3ccccc3-c3ccccc32)c1C(=O)O. The van der Waals surface area contributed by atoms with Crippen molar-refractivity contribution >= 4 is 23.7 Å². The fraction of sp³-hybridized carbons (Fsp3) is 0.308. The van der Waals surface area contributed by atoms with Gasteiger partial charge in [-0.1, -0.05) is 55.0 Å². The maximum Gasteiger partial charge on any atom is 0.407 e. The first-order chi connectivity index (χ1) is 17.0. The molecule has 2 amide bonds.